The van der Waals surface area contributed by atoms with Crippen LogP contribution < -0.4 is 31.9 Å². The van der Waals surface area contributed by atoms with Crippen molar-refractivity contribution in [3.63, 3.8) is 0 Å². The van der Waals surface area contributed by atoms with Gasteiger partial charge in [0.25, 0.3) is 0 Å². The molecule has 16 atom stereocenters. The lowest BCUT2D eigenvalue weighted by Gasteiger charge is -2.39. The molecular weight excluding hydrogens is 1420 g/mol. The van der Waals surface area contributed by atoms with Gasteiger partial charge in [0.1, 0.15) is 84.8 Å². The molecule has 0 aromatic carbocycles. The lowest BCUT2D eigenvalue weighted by atomic mass is 9.88. The molecule has 630 valence electrons. The van der Waals surface area contributed by atoms with E-state index in [1.807, 2.05) is 20.8 Å². The number of ether oxygens (including phenoxy) is 8. The molecule has 0 radical (unpaired) electrons. The van der Waals surface area contributed by atoms with E-state index in [-0.39, 0.29) is 177 Å². The molecule has 0 spiro atoms. The van der Waals surface area contributed by atoms with Crippen molar-refractivity contribution in [3.8, 4) is 0 Å². The number of aliphatic hydroxyl groups is 12. The molecule has 0 bridgehead atoms. The summed E-state index contributed by atoms with van der Waals surface area (Å²) in [4.78, 5) is 103. The zero-order valence-electron chi connectivity index (χ0n) is 63.4. The Morgan fingerprint density at radius 3 is 0.981 bits per heavy atom. The number of aliphatic hydroxyl groups excluding tert-OH is 12. The molecule has 34 heteroatoms. The first-order valence-corrected chi connectivity index (χ1v) is 38.8. The van der Waals surface area contributed by atoms with Crippen molar-refractivity contribution >= 4 is 47.0 Å². The van der Waals surface area contributed by atoms with Gasteiger partial charge >= 0.3 is 0 Å². The lowest BCUT2D eigenvalue weighted by molar-refractivity contribution is -0.301. The zero-order chi connectivity index (χ0) is 79.0. The number of ketones is 2. The lowest BCUT2D eigenvalue weighted by Crippen LogP contribution is -2.59. The molecule has 34 nitrogen and oxygen atoms in total. The van der Waals surface area contributed by atoms with Gasteiger partial charge in [-0.25, -0.2) is 0 Å². The maximum atomic E-state index is 14.0. The summed E-state index contributed by atoms with van der Waals surface area (Å²) in [6, 6.07) is 0. The molecule has 6 amide bonds. The highest BCUT2D eigenvalue weighted by Crippen LogP contribution is 2.27. The first-order chi connectivity index (χ1) is 51.2. The highest BCUT2D eigenvalue weighted by molar-refractivity contribution is 5.83. The predicted octanol–water partition coefficient (Wildman–Crippen LogP) is -0.572. The van der Waals surface area contributed by atoms with Crippen LogP contribution in [-0.2, 0) is 76.3 Å². The van der Waals surface area contributed by atoms with Gasteiger partial charge in [-0.3, -0.25) is 38.4 Å². The van der Waals surface area contributed by atoms with Crippen LogP contribution in [0.25, 0.3) is 0 Å². The Hall–Kier alpha value is -4.64. The van der Waals surface area contributed by atoms with Crippen LogP contribution in [0.5, 0.6) is 0 Å². The van der Waals surface area contributed by atoms with Gasteiger partial charge in [0, 0.05) is 116 Å². The first-order valence-electron chi connectivity index (χ1n) is 38.8. The number of carbonyl (C=O) groups is 8. The summed E-state index contributed by atoms with van der Waals surface area (Å²) < 4.78 is 44.8. The third-order valence-electron chi connectivity index (χ3n) is 18.8. The normalized spacial score (nSPS) is 24.9. The van der Waals surface area contributed by atoms with Gasteiger partial charge in [-0.2, -0.15) is 0 Å². The SMILES string of the molecule is C.CC(C)(C)C(=O)CCCCCCCCCCC(=O)NC(CCCCC(=O)NCCCNC(=O)CCCCO[C@H]1OC(CO)[C@@H](O)[C@H](O)C1O)(COCCC(=O)NCCCCC(=O)CCCCO[C@H]1OC(CO)[C@@H](O)[C@H](O)C1O)COCCC(=O)NCCCNC(=O)CCCCO[C@H]1OC(CO)[C@@H](O)[C@H](O)C1O. The van der Waals surface area contributed by atoms with Crippen LogP contribution in [0, 0.1) is 5.41 Å². The molecule has 3 fully saturated rings. The molecule has 3 rings (SSSR count). The van der Waals surface area contributed by atoms with Gasteiger partial charge in [0.15, 0.2) is 18.9 Å². The number of nitrogens with one attached hydrogen (secondary N) is 6. The van der Waals surface area contributed by atoms with Crippen LogP contribution in [0.3, 0.4) is 0 Å². The van der Waals surface area contributed by atoms with E-state index in [1.54, 1.807) is 0 Å². The fraction of sp³-hybridized carbons (Fsp3) is 0.892. The fourth-order valence-corrected chi connectivity index (χ4v) is 12.0. The third-order valence-corrected chi connectivity index (χ3v) is 18.8. The molecule has 18 N–H and O–H groups in total. The van der Waals surface area contributed by atoms with E-state index in [4.69, 9.17) is 37.9 Å². The topological polar surface area (TPSA) is 525 Å². The highest BCUT2D eigenvalue weighted by Gasteiger charge is 2.46. The second kappa shape index (κ2) is 57.4. The Morgan fingerprint density at radius 1 is 0.324 bits per heavy atom. The van der Waals surface area contributed by atoms with E-state index < -0.39 is 117 Å². The van der Waals surface area contributed by atoms with E-state index in [9.17, 15) is 99.6 Å². The van der Waals surface area contributed by atoms with Gasteiger partial charge in [0.2, 0.25) is 35.4 Å². The zero-order valence-corrected chi connectivity index (χ0v) is 63.4. The van der Waals surface area contributed by atoms with Crippen molar-refractivity contribution in [3.05, 3.63) is 0 Å². The maximum absolute atomic E-state index is 14.0. The van der Waals surface area contributed by atoms with Crippen LogP contribution in [0.15, 0.2) is 0 Å². The number of amides is 6. The molecule has 0 aromatic rings. The summed E-state index contributed by atoms with van der Waals surface area (Å²) >= 11 is 0. The van der Waals surface area contributed by atoms with Crippen molar-refractivity contribution in [1.29, 1.82) is 0 Å². The number of hydrogen-bond donors (Lipinski definition) is 18. The largest absolute Gasteiger partial charge is 0.394 e. The molecular formula is C74H136N6O28. The van der Waals surface area contributed by atoms with Crippen molar-refractivity contribution in [1.82, 2.24) is 31.9 Å². The summed E-state index contributed by atoms with van der Waals surface area (Å²) in [6.07, 6.45) is -6.24. The van der Waals surface area contributed by atoms with E-state index in [1.165, 1.54) is 0 Å². The molecule has 3 aliphatic rings. The van der Waals surface area contributed by atoms with E-state index in [0.29, 0.717) is 109 Å². The van der Waals surface area contributed by atoms with Crippen molar-refractivity contribution in [2.24, 2.45) is 5.41 Å². The summed E-state index contributed by atoms with van der Waals surface area (Å²) in [5.41, 5.74) is -1.51. The highest BCUT2D eigenvalue weighted by atomic mass is 16.7. The van der Waals surface area contributed by atoms with E-state index in [0.717, 1.165) is 44.9 Å². The third kappa shape index (κ3) is 41.2. The number of rotatable bonds is 61. The Labute approximate surface area is 636 Å². The molecule has 0 aromatic heterocycles. The molecule has 3 saturated heterocycles. The Balaban J connectivity index is 0.0000396. The summed E-state index contributed by atoms with van der Waals surface area (Å²) in [5, 5.41) is 136. The standard InChI is InChI=1S/C73H132N6O28.CH4/c1-72(2,3)53(84)26-10-8-6-4-5-7-9-11-30-59(90)79-73(33-17-12-27-54(85)75-35-22-36-76-55(86)28-15-20-40-103-70-67(98)64(95)61(92)51(45-81)106-70,47-100-42-31-57(88)74-34-18-13-24-49(83)25-14-19-39-102-69-66(97)63(94)60(91)50(44-80)105-69)48-101-43-32-58(89)78-38-23-37-77-56(87)29-16-21-41-104-71-68(99)65(96)62(93)52(46-82)107-71;/h50-52,60-71,80-82,91-99H,4-48H2,1-3H3,(H,74,88)(H,75,85)(H,76,86)(H,77,87)(H,78,89)(H,79,90);1H4/t50?,51?,52?,60-,61-,62-,63+,64+,65+,66?,67?,68?,69+,70+,71+,73?;/m1./s1. The average molecular weight is 1560 g/mol. The van der Waals surface area contributed by atoms with Crippen molar-refractivity contribution in [2.75, 3.05) is 98.8 Å². The second-order valence-electron chi connectivity index (χ2n) is 29.2. The maximum Gasteiger partial charge on any atom is 0.222 e. The number of unbranched alkanes of at least 4 members (excludes halogenated alkanes) is 12. The number of carbonyl (C=O) groups excluding carboxylic acids is 8. The average Bonchev–Trinajstić information content (AvgIpc) is 0.837. The van der Waals surface area contributed by atoms with Crippen LogP contribution in [0.1, 0.15) is 221 Å². The Morgan fingerprint density at radius 2 is 0.620 bits per heavy atom. The quantitative estimate of drug-likeness (QED) is 0.0339. The summed E-state index contributed by atoms with van der Waals surface area (Å²) in [5.74, 6) is -1.28. The monoisotopic (exact) mass is 1560 g/mol. The van der Waals surface area contributed by atoms with Crippen LogP contribution >= 0.6 is 0 Å². The van der Waals surface area contributed by atoms with Gasteiger partial charge in [-0.05, 0) is 89.9 Å². The number of hydrogen-bond acceptors (Lipinski definition) is 28. The van der Waals surface area contributed by atoms with E-state index in [2.05, 4.69) is 31.9 Å². The van der Waals surface area contributed by atoms with Gasteiger partial charge in [0.05, 0.1) is 51.8 Å². The van der Waals surface area contributed by atoms with Gasteiger partial charge < -0.3 is 131 Å². The van der Waals surface area contributed by atoms with E-state index >= 15 is 0 Å². The second-order valence-corrected chi connectivity index (χ2v) is 29.2. The minimum Gasteiger partial charge on any atom is -0.394 e. The van der Waals surface area contributed by atoms with Crippen LogP contribution in [0.4, 0.5) is 0 Å². The van der Waals surface area contributed by atoms with Crippen molar-refractivity contribution in [2.45, 2.75) is 318 Å². The van der Waals surface area contributed by atoms with Crippen molar-refractivity contribution < 1.29 is 138 Å². The first kappa shape index (κ1) is 99.4. The molecule has 3 aliphatic heterocycles. The van der Waals surface area contributed by atoms with Crippen LogP contribution in [0.2, 0.25) is 0 Å². The minimum atomic E-state index is -1.57. The van der Waals surface area contributed by atoms with Gasteiger partial charge in [-0.1, -0.05) is 73.1 Å². The predicted molar refractivity (Wildman–Crippen MR) is 391 cm³/mol. The summed E-state index contributed by atoms with van der Waals surface area (Å²) in [6.45, 7) is 5.46. The molecule has 0 aliphatic carbocycles. The smallest absolute Gasteiger partial charge is 0.222 e. The Kier molecular flexibility index (Phi) is 52.8. The summed E-state index contributed by atoms with van der Waals surface area (Å²) in [7, 11) is 0. The molecule has 3 heterocycles. The molecule has 108 heavy (non-hydrogen) atoms. The number of Topliss-reactive ketones (excluding diaryl/α,β-unsaturated/α-hetero) is 2. The van der Waals surface area contributed by atoms with Gasteiger partial charge in [-0.15, -0.1) is 0 Å². The van der Waals surface area contributed by atoms with Crippen LogP contribution in [-0.4, -0.2) is 305 Å². The molecule has 7 unspecified atom stereocenters. The minimum absolute atomic E-state index is 0. The Bertz CT molecular complexity index is 2270. The fourth-order valence-electron chi connectivity index (χ4n) is 12.0. The molecule has 0 saturated carbocycles.